The fraction of sp³-hybridized carbons (Fsp3) is 0.231. The summed E-state index contributed by atoms with van der Waals surface area (Å²) in [5.41, 5.74) is -0.642. The molecular formula is C13H11FN4O6S. The summed E-state index contributed by atoms with van der Waals surface area (Å²) < 4.78 is 18.6. The Morgan fingerprint density at radius 1 is 1.60 bits per heavy atom. The summed E-state index contributed by atoms with van der Waals surface area (Å²) in [5.74, 6) is -2.70. The SMILES string of the molecule is COc1cc(F)c(C=NN=C2NC(=O)C(CC(=O)O)S2)cc1[N+](=O)[O-]. The van der Waals surface area contributed by atoms with E-state index >= 15 is 0 Å². The van der Waals surface area contributed by atoms with E-state index in [1.165, 1.54) is 7.11 Å². The van der Waals surface area contributed by atoms with Gasteiger partial charge in [-0.3, -0.25) is 19.7 Å². The molecule has 1 atom stereocenters. The highest BCUT2D eigenvalue weighted by Gasteiger charge is 2.32. The lowest BCUT2D eigenvalue weighted by atomic mass is 10.2. The minimum absolute atomic E-state index is 0.0518. The van der Waals surface area contributed by atoms with E-state index in [9.17, 15) is 24.1 Å². The molecule has 1 fully saturated rings. The molecule has 0 radical (unpaired) electrons. The van der Waals surface area contributed by atoms with Gasteiger partial charge in [-0.05, 0) is 0 Å². The molecule has 0 saturated carbocycles. The molecule has 0 spiro atoms. The molecule has 0 aliphatic carbocycles. The Kier molecular flexibility index (Phi) is 5.64. The number of thioether (sulfide) groups is 1. The number of halogens is 1. The number of hydrogen-bond donors (Lipinski definition) is 2. The van der Waals surface area contributed by atoms with Gasteiger partial charge >= 0.3 is 11.7 Å². The van der Waals surface area contributed by atoms with Crippen LogP contribution in [0.3, 0.4) is 0 Å². The van der Waals surface area contributed by atoms with Crippen molar-refractivity contribution < 1.29 is 28.7 Å². The van der Waals surface area contributed by atoms with Crippen LogP contribution in [0.5, 0.6) is 5.75 Å². The van der Waals surface area contributed by atoms with Crippen LogP contribution in [0.25, 0.3) is 0 Å². The van der Waals surface area contributed by atoms with Crippen LogP contribution in [-0.4, -0.2) is 45.6 Å². The Balaban J connectivity index is 2.17. The van der Waals surface area contributed by atoms with E-state index in [1.54, 1.807) is 0 Å². The van der Waals surface area contributed by atoms with E-state index in [0.29, 0.717) is 0 Å². The molecule has 2 rings (SSSR count). The summed E-state index contributed by atoms with van der Waals surface area (Å²) in [6.45, 7) is 0. The highest BCUT2D eigenvalue weighted by molar-refractivity contribution is 8.15. The molecule has 12 heteroatoms. The third kappa shape index (κ3) is 4.50. The number of nitrogens with one attached hydrogen (secondary N) is 1. The van der Waals surface area contributed by atoms with Crippen molar-refractivity contribution >= 4 is 40.7 Å². The van der Waals surface area contributed by atoms with Gasteiger partial charge < -0.3 is 15.2 Å². The van der Waals surface area contributed by atoms with Gasteiger partial charge in [-0.25, -0.2) is 4.39 Å². The number of carboxylic acids is 1. The van der Waals surface area contributed by atoms with E-state index in [2.05, 4.69) is 15.5 Å². The summed E-state index contributed by atoms with van der Waals surface area (Å²) in [6, 6.07) is 1.78. The van der Waals surface area contributed by atoms with Crippen molar-refractivity contribution in [2.45, 2.75) is 11.7 Å². The first-order valence-electron chi connectivity index (χ1n) is 6.64. The van der Waals surface area contributed by atoms with Crippen molar-refractivity contribution in [3.63, 3.8) is 0 Å². The van der Waals surface area contributed by atoms with Crippen LogP contribution >= 0.6 is 11.8 Å². The molecule has 1 aromatic carbocycles. The zero-order valence-electron chi connectivity index (χ0n) is 12.6. The van der Waals surface area contributed by atoms with Gasteiger partial charge in [-0.1, -0.05) is 11.8 Å². The van der Waals surface area contributed by atoms with E-state index in [1.807, 2.05) is 0 Å². The van der Waals surface area contributed by atoms with E-state index in [-0.39, 0.29) is 22.9 Å². The number of carboxylic acid groups (broad SMARTS) is 1. The second kappa shape index (κ2) is 7.70. The molecule has 1 saturated heterocycles. The van der Waals surface area contributed by atoms with Crippen molar-refractivity contribution in [3.8, 4) is 5.75 Å². The predicted molar refractivity (Wildman–Crippen MR) is 86.4 cm³/mol. The van der Waals surface area contributed by atoms with E-state index < -0.39 is 33.6 Å². The first-order valence-corrected chi connectivity index (χ1v) is 7.52. The number of benzene rings is 1. The number of carbonyl (C=O) groups excluding carboxylic acids is 1. The Bertz CT molecular complexity index is 797. The van der Waals surface area contributed by atoms with Crippen LogP contribution in [0.4, 0.5) is 10.1 Å². The zero-order chi connectivity index (χ0) is 18.6. The minimum atomic E-state index is -1.13. The molecule has 1 aromatic rings. The number of aliphatic carboxylic acids is 1. The maximum atomic E-state index is 13.9. The predicted octanol–water partition coefficient (Wildman–Crippen LogP) is 1.14. The fourth-order valence-corrected chi connectivity index (χ4v) is 2.77. The largest absolute Gasteiger partial charge is 0.490 e. The van der Waals surface area contributed by atoms with Crippen molar-refractivity contribution in [1.29, 1.82) is 0 Å². The maximum Gasteiger partial charge on any atom is 0.311 e. The van der Waals surface area contributed by atoms with Crippen molar-refractivity contribution in [2.75, 3.05) is 7.11 Å². The molecule has 2 N–H and O–H groups in total. The first-order chi connectivity index (χ1) is 11.8. The number of carbonyl (C=O) groups is 2. The van der Waals surface area contributed by atoms with Gasteiger partial charge in [-0.15, -0.1) is 5.10 Å². The van der Waals surface area contributed by atoms with E-state index in [0.717, 1.165) is 30.1 Å². The number of amides is 1. The number of methoxy groups -OCH3 is 1. The monoisotopic (exact) mass is 370 g/mol. The number of nitro groups is 1. The number of ether oxygens (including phenoxy) is 1. The average Bonchev–Trinajstić information content (AvgIpc) is 2.87. The van der Waals surface area contributed by atoms with Gasteiger partial charge in [0.1, 0.15) is 11.1 Å². The lowest BCUT2D eigenvalue weighted by Gasteiger charge is -2.03. The minimum Gasteiger partial charge on any atom is -0.490 e. The normalized spacial score (nSPS) is 18.6. The Hall–Kier alpha value is -3.02. The van der Waals surface area contributed by atoms with Gasteiger partial charge in [0, 0.05) is 17.7 Å². The number of nitrogens with zero attached hydrogens (tertiary/aromatic N) is 3. The smallest absolute Gasteiger partial charge is 0.311 e. The van der Waals surface area contributed by atoms with Gasteiger partial charge in [0.15, 0.2) is 10.9 Å². The van der Waals surface area contributed by atoms with Gasteiger partial charge in [-0.2, -0.15) is 5.10 Å². The summed E-state index contributed by atoms with van der Waals surface area (Å²) in [7, 11) is 1.18. The van der Waals surface area contributed by atoms with Crippen LogP contribution in [0, 0.1) is 15.9 Å². The maximum absolute atomic E-state index is 13.9. The lowest BCUT2D eigenvalue weighted by Crippen LogP contribution is -2.26. The van der Waals surface area contributed by atoms with Crippen molar-refractivity contribution in [2.24, 2.45) is 10.2 Å². The molecule has 1 aliphatic heterocycles. The zero-order valence-corrected chi connectivity index (χ0v) is 13.4. The molecule has 1 heterocycles. The molecule has 10 nitrogen and oxygen atoms in total. The molecule has 25 heavy (non-hydrogen) atoms. The summed E-state index contributed by atoms with van der Waals surface area (Å²) in [6.07, 6.45) is 0.560. The molecule has 1 unspecified atom stereocenters. The van der Waals surface area contributed by atoms with Gasteiger partial charge in [0.25, 0.3) is 0 Å². The summed E-state index contributed by atoms with van der Waals surface area (Å²) in [4.78, 5) is 32.3. The Morgan fingerprint density at radius 2 is 2.32 bits per heavy atom. The van der Waals surface area contributed by atoms with Crippen molar-refractivity contribution in [1.82, 2.24) is 5.32 Å². The topological polar surface area (TPSA) is 143 Å². The number of amidine groups is 1. The number of nitro benzene ring substituents is 1. The average molecular weight is 370 g/mol. The Morgan fingerprint density at radius 3 is 2.92 bits per heavy atom. The first kappa shape index (κ1) is 18.3. The molecule has 1 amide bonds. The number of hydrogen-bond acceptors (Lipinski definition) is 8. The summed E-state index contributed by atoms with van der Waals surface area (Å²) >= 11 is 0.873. The van der Waals surface area contributed by atoms with Crippen LogP contribution < -0.4 is 10.1 Å². The van der Waals surface area contributed by atoms with Gasteiger partial charge in [0.05, 0.1) is 24.7 Å². The van der Waals surface area contributed by atoms with Crippen LogP contribution in [0.1, 0.15) is 12.0 Å². The second-order valence-corrected chi connectivity index (χ2v) is 5.84. The third-order valence-electron chi connectivity index (χ3n) is 2.98. The van der Waals surface area contributed by atoms with E-state index in [4.69, 9.17) is 9.84 Å². The second-order valence-electron chi connectivity index (χ2n) is 4.65. The third-order valence-corrected chi connectivity index (χ3v) is 4.05. The summed E-state index contributed by atoms with van der Waals surface area (Å²) in [5, 5.41) is 28.4. The number of rotatable bonds is 6. The highest BCUT2D eigenvalue weighted by Crippen LogP contribution is 2.29. The molecule has 1 aliphatic rings. The molecule has 132 valence electrons. The van der Waals surface area contributed by atoms with Crippen LogP contribution in [-0.2, 0) is 9.59 Å². The Labute approximate surface area is 143 Å². The highest BCUT2D eigenvalue weighted by atomic mass is 32.2. The standard InChI is InChI=1S/C13H11FN4O6S/c1-24-9-3-7(14)6(2-8(9)18(22)23)5-15-17-13-16-12(21)10(25-13)4-11(19)20/h2-3,5,10H,4H2,1H3,(H,19,20)(H,16,17,21). The molecule has 0 bridgehead atoms. The van der Waals surface area contributed by atoms with Crippen LogP contribution in [0.15, 0.2) is 22.3 Å². The molecular weight excluding hydrogens is 359 g/mol. The lowest BCUT2D eigenvalue weighted by molar-refractivity contribution is -0.385. The fourth-order valence-electron chi connectivity index (χ4n) is 1.85. The van der Waals surface area contributed by atoms with Crippen molar-refractivity contribution in [3.05, 3.63) is 33.6 Å². The van der Waals surface area contributed by atoms with Gasteiger partial charge in [0.2, 0.25) is 5.91 Å². The van der Waals surface area contributed by atoms with Crippen LogP contribution in [0.2, 0.25) is 0 Å². The quantitative estimate of drug-likeness (QED) is 0.434. The molecule has 0 aromatic heterocycles.